The van der Waals surface area contributed by atoms with Crippen molar-refractivity contribution < 1.29 is 4.79 Å². The maximum Gasteiger partial charge on any atom is 0.321 e. The first kappa shape index (κ1) is 21.0. The van der Waals surface area contributed by atoms with E-state index in [2.05, 4.69) is 25.5 Å². The summed E-state index contributed by atoms with van der Waals surface area (Å²) in [5.41, 5.74) is 13.0. The number of anilines is 1. The van der Waals surface area contributed by atoms with Crippen LogP contribution >= 0.6 is 0 Å². The molecule has 2 amide bonds. The SMILES string of the molecule is NCCCN1CCC[C@H](NC(=O)Nc2ncc(-c3ccc(CN)cc3)c(=O)[nH]2)C1. The normalized spacial score (nSPS) is 17.1. The van der Waals surface area contributed by atoms with Gasteiger partial charge in [0.2, 0.25) is 5.95 Å². The Hall–Kier alpha value is -2.75. The third-order valence-corrected chi connectivity index (χ3v) is 5.05. The van der Waals surface area contributed by atoms with Gasteiger partial charge in [-0.15, -0.1) is 0 Å². The predicted octanol–water partition coefficient (Wildman–Crippen LogP) is 0.830. The lowest BCUT2D eigenvalue weighted by molar-refractivity contribution is 0.189. The van der Waals surface area contributed by atoms with E-state index in [1.165, 1.54) is 6.20 Å². The fraction of sp³-hybridized carbons (Fsp3) is 0.450. The molecule has 1 aromatic heterocycles. The molecule has 156 valence electrons. The second-order valence-electron chi connectivity index (χ2n) is 7.26. The first-order valence-corrected chi connectivity index (χ1v) is 9.97. The van der Waals surface area contributed by atoms with E-state index in [0.717, 1.165) is 50.0 Å². The Bertz CT molecular complexity index is 866. The van der Waals surface area contributed by atoms with Crippen LogP contribution in [0.15, 0.2) is 35.3 Å². The van der Waals surface area contributed by atoms with Crippen LogP contribution in [0.1, 0.15) is 24.8 Å². The van der Waals surface area contributed by atoms with Gasteiger partial charge in [-0.25, -0.2) is 9.78 Å². The Morgan fingerprint density at radius 3 is 2.76 bits per heavy atom. The van der Waals surface area contributed by atoms with E-state index in [1.54, 1.807) is 0 Å². The minimum absolute atomic E-state index is 0.0635. The quantitative estimate of drug-likeness (QED) is 0.467. The van der Waals surface area contributed by atoms with Gasteiger partial charge in [-0.1, -0.05) is 24.3 Å². The van der Waals surface area contributed by atoms with Crippen LogP contribution in [0.4, 0.5) is 10.7 Å². The van der Waals surface area contributed by atoms with E-state index >= 15 is 0 Å². The molecule has 9 heteroatoms. The Balaban J connectivity index is 1.58. The maximum absolute atomic E-state index is 12.4. The van der Waals surface area contributed by atoms with Crippen LogP contribution in [0.2, 0.25) is 0 Å². The van der Waals surface area contributed by atoms with E-state index in [1.807, 2.05) is 24.3 Å². The van der Waals surface area contributed by atoms with E-state index in [-0.39, 0.29) is 23.6 Å². The van der Waals surface area contributed by atoms with Crippen molar-refractivity contribution in [3.63, 3.8) is 0 Å². The summed E-state index contributed by atoms with van der Waals surface area (Å²) >= 11 is 0. The van der Waals surface area contributed by atoms with Crippen molar-refractivity contribution in [2.24, 2.45) is 11.5 Å². The van der Waals surface area contributed by atoms with Gasteiger partial charge in [-0.2, -0.15) is 0 Å². The molecule has 29 heavy (non-hydrogen) atoms. The number of urea groups is 1. The number of rotatable bonds is 7. The van der Waals surface area contributed by atoms with Gasteiger partial charge in [0.25, 0.3) is 5.56 Å². The molecule has 0 saturated carbocycles. The number of amides is 2. The summed E-state index contributed by atoms with van der Waals surface area (Å²) in [4.78, 5) is 33.8. The van der Waals surface area contributed by atoms with Gasteiger partial charge in [0.05, 0.1) is 5.56 Å². The molecular formula is C20H29N7O2. The van der Waals surface area contributed by atoms with E-state index in [4.69, 9.17) is 11.5 Å². The van der Waals surface area contributed by atoms with E-state index < -0.39 is 0 Å². The molecule has 0 bridgehead atoms. The number of hydrogen-bond donors (Lipinski definition) is 5. The largest absolute Gasteiger partial charge is 0.334 e. The fourth-order valence-electron chi connectivity index (χ4n) is 3.50. The number of aromatic nitrogens is 2. The van der Waals surface area contributed by atoms with Gasteiger partial charge in [-0.05, 0) is 50.0 Å². The third kappa shape index (κ3) is 5.86. The molecule has 1 saturated heterocycles. The lowest BCUT2D eigenvalue weighted by Gasteiger charge is -2.32. The van der Waals surface area contributed by atoms with Gasteiger partial charge in [0.1, 0.15) is 0 Å². The van der Waals surface area contributed by atoms with Crippen LogP contribution in [-0.4, -0.2) is 53.1 Å². The van der Waals surface area contributed by atoms with Gasteiger partial charge in [0.15, 0.2) is 0 Å². The summed E-state index contributed by atoms with van der Waals surface area (Å²) < 4.78 is 0. The summed E-state index contributed by atoms with van der Waals surface area (Å²) in [6.45, 7) is 3.89. The molecule has 1 fully saturated rings. The number of piperidine rings is 1. The predicted molar refractivity (Wildman–Crippen MR) is 113 cm³/mol. The molecule has 2 heterocycles. The monoisotopic (exact) mass is 399 g/mol. The second kappa shape index (κ2) is 10.1. The smallest absolute Gasteiger partial charge is 0.321 e. The van der Waals surface area contributed by atoms with Crippen molar-refractivity contribution in [2.75, 3.05) is 31.5 Å². The molecule has 1 aliphatic heterocycles. The number of carbonyl (C=O) groups excluding carboxylic acids is 1. The number of likely N-dealkylation sites (tertiary alicyclic amines) is 1. The Labute approximate surface area is 169 Å². The second-order valence-corrected chi connectivity index (χ2v) is 7.26. The van der Waals surface area contributed by atoms with Crippen LogP contribution < -0.4 is 27.7 Å². The number of nitrogens with two attached hydrogens (primary N) is 2. The summed E-state index contributed by atoms with van der Waals surface area (Å²) in [7, 11) is 0. The number of hydrogen-bond acceptors (Lipinski definition) is 6. The van der Waals surface area contributed by atoms with Crippen molar-refractivity contribution in [2.45, 2.75) is 31.8 Å². The maximum atomic E-state index is 12.4. The topological polar surface area (TPSA) is 142 Å². The molecule has 0 radical (unpaired) electrons. The van der Waals surface area contributed by atoms with Crippen LogP contribution in [0.3, 0.4) is 0 Å². The molecule has 7 N–H and O–H groups in total. The molecule has 0 spiro atoms. The number of carbonyl (C=O) groups is 1. The Kier molecular flexibility index (Phi) is 7.34. The van der Waals surface area contributed by atoms with Crippen LogP contribution in [0, 0.1) is 0 Å². The summed E-state index contributed by atoms with van der Waals surface area (Å²) in [6.07, 6.45) is 4.36. The highest BCUT2D eigenvalue weighted by atomic mass is 16.2. The first-order valence-electron chi connectivity index (χ1n) is 9.97. The Morgan fingerprint density at radius 2 is 2.07 bits per heavy atom. The number of benzene rings is 1. The molecular weight excluding hydrogens is 370 g/mol. The average molecular weight is 399 g/mol. The Morgan fingerprint density at radius 1 is 1.28 bits per heavy atom. The van der Waals surface area contributed by atoms with E-state index in [0.29, 0.717) is 18.7 Å². The lowest BCUT2D eigenvalue weighted by Crippen LogP contribution is -2.49. The highest BCUT2D eigenvalue weighted by molar-refractivity contribution is 5.87. The van der Waals surface area contributed by atoms with Crippen molar-refractivity contribution in [1.29, 1.82) is 0 Å². The van der Waals surface area contributed by atoms with Crippen LogP contribution in [-0.2, 0) is 6.54 Å². The third-order valence-electron chi connectivity index (χ3n) is 5.05. The number of nitrogens with zero attached hydrogens (tertiary/aromatic N) is 2. The lowest BCUT2D eigenvalue weighted by atomic mass is 10.1. The number of aromatic amines is 1. The van der Waals surface area contributed by atoms with E-state index in [9.17, 15) is 9.59 Å². The molecule has 9 nitrogen and oxygen atoms in total. The molecule has 2 aromatic rings. The zero-order valence-electron chi connectivity index (χ0n) is 16.5. The minimum atomic E-state index is -0.376. The zero-order chi connectivity index (χ0) is 20.6. The van der Waals surface area contributed by atoms with Crippen molar-refractivity contribution in [3.8, 4) is 11.1 Å². The summed E-state index contributed by atoms with van der Waals surface area (Å²) in [5.74, 6) is 0.116. The van der Waals surface area contributed by atoms with Gasteiger partial charge in [0, 0.05) is 25.3 Å². The fourth-order valence-corrected chi connectivity index (χ4v) is 3.50. The molecule has 1 atom stereocenters. The first-order chi connectivity index (χ1) is 14.1. The summed E-state index contributed by atoms with van der Waals surface area (Å²) in [5, 5.41) is 5.57. The van der Waals surface area contributed by atoms with Gasteiger partial charge < -0.3 is 21.7 Å². The van der Waals surface area contributed by atoms with Gasteiger partial charge >= 0.3 is 6.03 Å². The molecule has 1 aliphatic rings. The number of H-pyrrole nitrogens is 1. The average Bonchev–Trinajstić information content (AvgIpc) is 2.73. The van der Waals surface area contributed by atoms with Crippen molar-refractivity contribution in [3.05, 3.63) is 46.4 Å². The van der Waals surface area contributed by atoms with Crippen LogP contribution in [0.25, 0.3) is 11.1 Å². The highest BCUT2D eigenvalue weighted by Gasteiger charge is 2.21. The molecule has 1 aromatic carbocycles. The van der Waals surface area contributed by atoms with Gasteiger partial charge in [-0.3, -0.25) is 15.1 Å². The van der Waals surface area contributed by atoms with Crippen molar-refractivity contribution in [1.82, 2.24) is 20.2 Å². The molecule has 0 unspecified atom stereocenters. The molecule has 3 rings (SSSR count). The summed E-state index contributed by atoms with van der Waals surface area (Å²) in [6, 6.07) is 7.08. The molecule has 0 aliphatic carbocycles. The van der Waals surface area contributed by atoms with Crippen LogP contribution in [0.5, 0.6) is 0 Å². The number of nitrogens with one attached hydrogen (secondary N) is 3. The standard InChI is InChI=1S/C20H29N7O2/c21-8-2-10-27-9-1-3-16(13-27)24-20(29)26-19-23-12-17(18(28)25-19)15-6-4-14(11-22)5-7-15/h4-7,12,16H,1-3,8-11,13,21-22H2,(H3,23,24,25,26,28,29)/t16-/m0/s1. The van der Waals surface area contributed by atoms with Crippen molar-refractivity contribution >= 4 is 12.0 Å². The minimum Gasteiger partial charge on any atom is -0.334 e. The zero-order valence-corrected chi connectivity index (χ0v) is 16.5. The highest BCUT2D eigenvalue weighted by Crippen LogP contribution is 2.16.